The lowest BCUT2D eigenvalue weighted by Crippen LogP contribution is -2.53. The van der Waals surface area contributed by atoms with E-state index in [0.717, 1.165) is 13.1 Å². The molecule has 0 spiro atoms. The first-order valence-electron chi connectivity index (χ1n) is 6.58. The molecule has 1 atom stereocenters. The van der Waals surface area contributed by atoms with E-state index in [1.54, 1.807) is 24.3 Å². The fourth-order valence-electron chi connectivity index (χ4n) is 2.65. The van der Waals surface area contributed by atoms with E-state index in [2.05, 4.69) is 4.90 Å². The number of Topliss-reactive ketones (excluding diaryl/α,β-unsaturated/α-hetero) is 1. The number of hydrogen-bond donors (Lipinski definition) is 1. The highest BCUT2D eigenvalue weighted by molar-refractivity contribution is 5.97. The van der Waals surface area contributed by atoms with Crippen molar-refractivity contribution in [1.29, 1.82) is 0 Å². The van der Waals surface area contributed by atoms with Gasteiger partial charge in [0.05, 0.1) is 18.2 Å². The zero-order valence-electron chi connectivity index (χ0n) is 11.7. The molecule has 1 aromatic carbocycles. The summed E-state index contributed by atoms with van der Waals surface area (Å²) in [4.78, 5) is 14.3. The van der Waals surface area contributed by atoms with E-state index in [9.17, 15) is 9.90 Å². The Morgan fingerprint density at radius 2 is 2.05 bits per heavy atom. The summed E-state index contributed by atoms with van der Waals surface area (Å²) in [6, 6.07) is 6.40. The summed E-state index contributed by atoms with van der Waals surface area (Å²) in [6.07, 6.45) is 0.136. The van der Waals surface area contributed by atoms with Crippen molar-refractivity contribution in [2.45, 2.75) is 32.5 Å². The summed E-state index contributed by atoms with van der Waals surface area (Å²) in [5.41, 5.74) is 0.419. The average molecular weight is 263 g/mol. The minimum atomic E-state index is -0.215. The van der Waals surface area contributed by atoms with E-state index in [1.165, 1.54) is 0 Å². The van der Waals surface area contributed by atoms with E-state index in [0.29, 0.717) is 12.1 Å². The van der Waals surface area contributed by atoms with Crippen LogP contribution in [0.3, 0.4) is 0 Å². The van der Waals surface area contributed by atoms with Crippen molar-refractivity contribution in [3.8, 4) is 5.75 Å². The summed E-state index contributed by atoms with van der Waals surface area (Å²) >= 11 is 0. The van der Waals surface area contributed by atoms with Gasteiger partial charge in [0.2, 0.25) is 0 Å². The number of carbonyl (C=O) groups is 1. The van der Waals surface area contributed by atoms with Crippen LogP contribution >= 0.6 is 0 Å². The minimum absolute atomic E-state index is 0.0740. The molecule has 0 amide bonds. The summed E-state index contributed by atoms with van der Waals surface area (Å²) in [6.45, 7) is 8.02. The SMILES string of the molecule is CC1CN(CC(=O)c2ccc(O)cc2)CC(C)(C)O1. The lowest BCUT2D eigenvalue weighted by atomic mass is 10.0. The van der Waals surface area contributed by atoms with Crippen LogP contribution in [-0.2, 0) is 4.74 Å². The van der Waals surface area contributed by atoms with Crippen molar-refractivity contribution < 1.29 is 14.6 Å². The first-order valence-corrected chi connectivity index (χ1v) is 6.58. The molecule has 19 heavy (non-hydrogen) atoms. The number of ketones is 1. The highest BCUT2D eigenvalue weighted by atomic mass is 16.5. The van der Waals surface area contributed by atoms with Crippen molar-refractivity contribution in [3.05, 3.63) is 29.8 Å². The number of nitrogens with zero attached hydrogens (tertiary/aromatic N) is 1. The lowest BCUT2D eigenvalue weighted by Gasteiger charge is -2.41. The van der Waals surface area contributed by atoms with Gasteiger partial charge in [-0.2, -0.15) is 0 Å². The monoisotopic (exact) mass is 263 g/mol. The molecular formula is C15H21NO3. The molecule has 1 aromatic rings. The van der Waals surface area contributed by atoms with Gasteiger partial charge in [0, 0.05) is 18.7 Å². The van der Waals surface area contributed by atoms with Crippen LogP contribution in [0.15, 0.2) is 24.3 Å². The molecule has 4 nitrogen and oxygen atoms in total. The second-order valence-corrected chi connectivity index (χ2v) is 5.83. The molecular weight excluding hydrogens is 242 g/mol. The van der Waals surface area contributed by atoms with E-state index >= 15 is 0 Å². The molecule has 0 radical (unpaired) electrons. The second kappa shape index (κ2) is 5.31. The van der Waals surface area contributed by atoms with E-state index in [4.69, 9.17) is 4.74 Å². The number of benzene rings is 1. The Kier molecular flexibility index (Phi) is 3.92. The third-order valence-corrected chi connectivity index (χ3v) is 3.20. The van der Waals surface area contributed by atoms with Crippen molar-refractivity contribution >= 4 is 5.78 Å². The Balaban J connectivity index is 2.00. The Morgan fingerprint density at radius 1 is 1.42 bits per heavy atom. The Bertz CT molecular complexity index is 453. The summed E-state index contributed by atoms with van der Waals surface area (Å²) < 4.78 is 5.82. The Morgan fingerprint density at radius 3 is 2.63 bits per heavy atom. The third kappa shape index (κ3) is 3.78. The van der Waals surface area contributed by atoms with Gasteiger partial charge in [-0.3, -0.25) is 9.69 Å². The number of phenolic OH excluding ortho intramolecular Hbond substituents is 1. The molecule has 1 saturated heterocycles. The Labute approximate surface area is 114 Å². The molecule has 1 fully saturated rings. The van der Waals surface area contributed by atoms with Gasteiger partial charge in [-0.05, 0) is 45.0 Å². The van der Waals surface area contributed by atoms with Gasteiger partial charge in [0.25, 0.3) is 0 Å². The van der Waals surface area contributed by atoms with Crippen LogP contribution < -0.4 is 0 Å². The summed E-state index contributed by atoms with van der Waals surface area (Å²) in [7, 11) is 0. The number of aromatic hydroxyl groups is 1. The second-order valence-electron chi connectivity index (χ2n) is 5.83. The maximum atomic E-state index is 12.2. The van der Waals surface area contributed by atoms with Gasteiger partial charge in [-0.1, -0.05) is 0 Å². The van der Waals surface area contributed by atoms with Crippen molar-refractivity contribution in [3.63, 3.8) is 0 Å². The third-order valence-electron chi connectivity index (χ3n) is 3.20. The highest BCUT2D eigenvalue weighted by Gasteiger charge is 2.32. The molecule has 0 aromatic heterocycles. The minimum Gasteiger partial charge on any atom is -0.508 e. The van der Waals surface area contributed by atoms with Crippen LogP contribution in [-0.4, -0.2) is 47.1 Å². The van der Waals surface area contributed by atoms with Gasteiger partial charge in [0.1, 0.15) is 5.75 Å². The lowest BCUT2D eigenvalue weighted by molar-refractivity contribution is -0.126. The number of rotatable bonds is 3. The quantitative estimate of drug-likeness (QED) is 0.848. The first kappa shape index (κ1) is 14.0. The highest BCUT2D eigenvalue weighted by Crippen LogP contribution is 2.21. The molecule has 4 heteroatoms. The predicted molar refractivity (Wildman–Crippen MR) is 73.5 cm³/mol. The number of hydrogen-bond acceptors (Lipinski definition) is 4. The predicted octanol–water partition coefficient (Wildman–Crippen LogP) is 2.07. The molecule has 0 aliphatic carbocycles. The van der Waals surface area contributed by atoms with Crippen LogP contribution in [0.5, 0.6) is 5.75 Å². The van der Waals surface area contributed by atoms with Crippen LogP contribution in [0.4, 0.5) is 0 Å². The average Bonchev–Trinajstić information content (AvgIpc) is 2.26. The number of carbonyl (C=O) groups excluding carboxylic acids is 1. The molecule has 104 valence electrons. The molecule has 1 N–H and O–H groups in total. The fraction of sp³-hybridized carbons (Fsp3) is 0.533. The molecule has 1 aliphatic rings. The van der Waals surface area contributed by atoms with Crippen molar-refractivity contribution in [1.82, 2.24) is 4.90 Å². The topological polar surface area (TPSA) is 49.8 Å². The molecule has 1 aliphatic heterocycles. The number of morpholine rings is 1. The maximum Gasteiger partial charge on any atom is 0.176 e. The van der Waals surface area contributed by atoms with Crippen LogP contribution in [0.2, 0.25) is 0 Å². The van der Waals surface area contributed by atoms with Gasteiger partial charge in [-0.25, -0.2) is 0 Å². The molecule has 0 bridgehead atoms. The van der Waals surface area contributed by atoms with Crippen LogP contribution in [0, 0.1) is 0 Å². The summed E-state index contributed by atoms with van der Waals surface area (Å²) in [5.74, 6) is 0.252. The number of phenols is 1. The van der Waals surface area contributed by atoms with Crippen LogP contribution in [0.25, 0.3) is 0 Å². The van der Waals surface area contributed by atoms with E-state index < -0.39 is 0 Å². The number of ether oxygens (including phenoxy) is 1. The Hall–Kier alpha value is -1.39. The van der Waals surface area contributed by atoms with Gasteiger partial charge in [-0.15, -0.1) is 0 Å². The molecule has 2 rings (SSSR count). The standard InChI is InChI=1S/C15H21NO3/c1-11-8-16(10-15(2,3)19-11)9-14(18)12-4-6-13(17)7-5-12/h4-7,11,17H,8-10H2,1-3H3. The van der Waals surface area contributed by atoms with Gasteiger partial charge < -0.3 is 9.84 Å². The van der Waals surface area contributed by atoms with Crippen LogP contribution in [0.1, 0.15) is 31.1 Å². The van der Waals surface area contributed by atoms with Gasteiger partial charge >= 0.3 is 0 Å². The van der Waals surface area contributed by atoms with Gasteiger partial charge in [0.15, 0.2) is 5.78 Å². The van der Waals surface area contributed by atoms with E-state index in [-0.39, 0.29) is 23.2 Å². The maximum absolute atomic E-state index is 12.2. The largest absolute Gasteiger partial charge is 0.508 e. The zero-order valence-corrected chi connectivity index (χ0v) is 11.7. The van der Waals surface area contributed by atoms with E-state index in [1.807, 2.05) is 20.8 Å². The molecule has 0 saturated carbocycles. The first-order chi connectivity index (χ1) is 8.85. The fourth-order valence-corrected chi connectivity index (χ4v) is 2.65. The molecule has 1 unspecified atom stereocenters. The van der Waals surface area contributed by atoms with Crippen molar-refractivity contribution in [2.75, 3.05) is 19.6 Å². The summed E-state index contributed by atoms with van der Waals surface area (Å²) in [5, 5.41) is 9.22. The normalized spacial score (nSPS) is 23.2. The van der Waals surface area contributed by atoms with Crippen molar-refractivity contribution in [2.24, 2.45) is 0 Å². The smallest absolute Gasteiger partial charge is 0.176 e. The zero-order chi connectivity index (χ0) is 14.0. The molecule has 1 heterocycles.